The number of carbonyl (C=O) groups excluding carboxylic acids is 1. The number of aryl methyl sites for hydroxylation is 2. The monoisotopic (exact) mass is 514 g/mol. The first-order valence-corrected chi connectivity index (χ1v) is 11.0. The summed E-state index contributed by atoms with van der Waals surface area (Å²) in [4.78, 5) is 22.2. The fraction of sp³-hybridized carbons (Fsp3) is 0.381. The van der Waals surface area contributed by atoms with Crippen LogP contribution in [0.4, 0.5) is 22.7 Å². The van der Waals surface area contributed by atoms with Gasteiger partial charge in [0, 0.05) is 24.0 Å². The summed E-state index contributed by atoms with van der Waals surface area (Å²) < 4.78 is 62.7. The van der Waals surface area contributed by atoms with Gasteiger partial charge in [-0.25, -0.2) is 4.39 Å². The molecule has 0 fully saturated rings. The molecule has 9 nitrogen and oxygen atoms in total. The summed E-state index contributed by atoms with van der Waals surface area (Å²) in [6, 6.07) is 1.56. The van der Waals surface area contributed by atoms with Gasteiger partial charge in [-0.15, -0.1) is 5.10 Å². The van der Waals surface area contributed by atoms with E-state index in [1.807, 2.05) is 0 Å². The molecule has 0 aliphatic rings. The lowest BCUT2D eigenvalue weighted by molar-refractivity contribution is -0.143. The Morgan fingerprint density at radius 3 is 2.63 bits per heavy atom. The van der Waals surface area contributed by atoms with Gasteiger partial charge in [0.2, 0.25) is 5.13 Å². The van der Waals surface area contributed by atoms with Crippen LogP contribution in [-0.2, 0) is 0 Å². The molecule has 0 aliphatic heterocycles. The molecular formula is C21H22F4N6O3S. The Balaban J connectivity index is 1.75. The maximum Gasteiger partial charge on any atom is 0.401 e. The van der Waals surface area contributed by atoms with Crippen LogP contribution < -0.4 is 14.8 Å². The first-order valence-electron chi connectivity index (χ1n) is 10.2. The zero-order chi connectivity index (χ0) is 25.8. The number of nitrogens with one attached hydrogen (secondary N) is 1. The minimum absolute atomic E-state index is 0.0118. The summed E-state index contributed by atoms with van der Waals surface area (Å²) in [5.74, 6) is -1.11. The molecule has 0 radical (unpaired) electrons. The highest BCUT2D eigenvalue weighted by atomic mass is 32.1. The maximum absolute atomic E-state index is 15.0. The smallest absolute Gasteiger partial charge is 0.401 e. The number of aromatic nitrogens is 4. The van der Waals surface area contributed by atoms with Gasteiger partial charge in [-0.2, -0.15) is 13.2 Å². The Hall–Kier alpha value is -3.39. The Labute approximate surface area is 202 Å². The normalized spacial score (nSPS) is 11.6. The molecule has 0 aromatic carbocycles. The van der Waals surface area contributed by atoms with E-state index in [9.17, 15) is 18.0 Å². The van der Waals surface area contributed by atoms with Gasteiger partial charge in [0.25, 0.3) is 11.1 Å². The van der Waals surface area contributed by atoms with Crippen LogP contribution in [0.5, 0.6) is 10.9 Å². The molecule has 3 aromatic heterocycles. The number of carbonyl (C=O) groups is 1. The second kappa shape index (κ2) is 10.9. The van der Waals surface area contributed by atoms with Crippen molar-refractivity contribution < 1.29 is 31.8 Å². The predicted octanol–water partition coefficient (Wildman–Crippen LogP) is 3.88. The molecule has 1 amide bonds. The van der Waals surface area contributed by atoms with Gasteiger partial charge in [0.15, 0.2) is 5.82 Å². The predicted molar refractivity (Wildman–Crippen MR) is 120 cm³/mol. The van der Waals surface area contributed by atoms with E-state index >= 15 is 4.39 Å². The van der Waals surface area contributed by atoms with Crippen LogP contribution in [-0.4, -0.2) is 71.0 Å². The molecule has 0 atom stereocenters. The number of likely N-dealkylation sites (N-methyl/N-ethyl adjacent to an activating group) is 1. The molecule has 3 rings (SSSR count). The van der Waals surface area contributed by atoms with E-state index in [0.29, 0.717) is 5.69 Å². The maximum atomic E-state index is 15.0. The fourth-order valence-electron chi connectivity index (χ4n) is 3.08. The number of ether oxygens (including phenoxy) is 2. The minimum atomic E-state index is -4.31. The van der Waals surface area contributed by atoms with Gasteiger partial charge >= 0.3 is 6.18 Å². The number of amides is 1. The summed E-state index contributed by atoms with van der Waals surface area (Å²) in [7, 11) is 2.69. The summed E-state index contributed by atoms with van der Waals surface area (Å²) >= 11 is 0.892. The molecule has 0 spiro atoms. The van der Waals surface area contributed by atoms with Gasteiger partial charge in [-0.3, -0.25) is 25.0 Å². The molecule has 0 aliphatic carbocycles. The largest absolute Gasteiger partial charge is 0.494 e. The number of methoxy groups -OCH3 is 1. The Bertz CT molecular complexity index is 1200. The molecule has 0 unspecified atom stereocenters. The van der Waals surface area contributed by atoms with Gasteiger partial charge in [0.1, 0.15) is 12.4 Å². The third-order valence-corrected chi connectivity index (χ3v) is 5.46. The van der Waals surface area contributed by atoms with E-state index in [2.05, 4.69) is 25.5 Å². The molecule has 0 saturated heterocycles. The van der Waals surface area contributed by atoms with Crippen molar-refractivity contribution in [2.24, 2.45) is 0 Å². The second-order valence-electron chi connectivity index (χ2n) is 7.50. The van der Waals surface area contributed by atoms with Crippen molar-refractivity contribution in [3.8, 4) is 22.1 Å². The molecule has 0 saturated carbocycles. The van der Waals surface area contributed by atoms with Crippen LogP contribution in [0.1, 0.15) is 21.7 Å². The Morgan fingerprint density at radius 2 is 1.94 bits per heavy atom. The van der Waals surface area contributed by atoms with Gasteiger partial charge in [-0.05, 0) is 38.3 Å². The summed E-state index contributed by atoms with van der Waals surface area (Å²) in [5.41, 5.74) is 1.07. The van der Waals surface area contributed by atoms with Crippen molar-refractivity contribution in [1.29, 1.82) is 0 Å². The van der Waals surface area contributed by atoms with Crippen LogP contribution in [0, 0.1) is 19.7 Å². The Morgan fingerprint density at radius 1 is 1.20 bits per heavy atom. The molecule has 1 N–H and O–H groups in total. The number of pyridine rings is 2. The summed E-state index contributed by atoms with van der Waals surface area (Å²) in [6.07, 6.45) is -1.63. The van der Waals surface area contributed by atoms with Gasteiger partial charge < -0.3 is 9.47 Å². The molecule has 3 heterocycles. The van der Waals surface area contributed by atoms with Crippen LogP contribution in [0.15, 0.2) is 18.5 Å². The van der Waals surface area contributed by atoms with Crippen LogP contribution in [0.2, 0.25) is 0 Å². The number of anilines is 1. The zero-order valence-electron chi connectivity index (χ0n) is 19.2. The lowest BCUT2D eigenvalue weighted by Crippen LogP contribution is -2.33. The highest BCUT2D eigenvalue weighted by molar-refractivity contribution is 7.17. The number of halogens is 4. The van der Waals surface area contributed by atoms with Crippen LogP contribution in [0.3, 0.4) is 0 Å². The summed E-state index contributed by atoms with van der Waals surface area (Å²) in [5, 5.41) is 10.3. The van der Waals surface area contributed by atoms with E-state index in [0.717, 1.165) is 16.2 Å². The molecular weight excluding hydrogens is 492 g/mol. The third-order valence-electron chi connectivity index (χ3n) is 4.71. The molecule has 0 bridgehead atoms. The van der Waals surface area contributed by atoms with E-state index < -0.39 is 24.4 Å². The van der Waals surface area contributed by atoms with Crippen molar-refractivity contribution in [3.63, 3.8) is 0 Å². The van der Waals surface area contributed by atoms with Crippen molar-refractivity contribution in [3.05, 3.63) is 41.2 Å². The lowest BCUT2D eigenvalue weighted by Gasteiger charge is -2.17. The molecule has 3 aromatic rings. The first kappa shape index (κ1) is 26.2. The van der Waals surface area contributed by atoms with Gasteiger partial charge in [0.05, 0.1) is 36.7 Å². The Kier molecular flexibility index (Phi) is 8.17. The highest BCUT2D eigenvalue weighted by Crippen LogP contribution is 2.36. The van der Waals surface area contributed by atoms with E-state index in [1.165, 1.54) is 33.5 Å². The van der Waals surface area contributed by atoms with Crippen molar-refractivity contribution >= 4 is 22.4 Å². The van der Waals surface area contributed by atoms with Crippen LogP contribution >= 0.6 is 11.3 Å². The van der Waals surface area contributed by atoms with Crippen molar-refractivity contribution in [2.45, 2.75) is 20.0 Å². The topological polar surface area (TPSA) is 102 Å². The standard InChI is InChI=1S/C21H22F4N6O3S/c1-11-7-13(16-15(33-4)9-27-12(2)17(16)22)14(8-26-11)18(32)28-19-29-30-20(35-19)34-6-5-31(3)10-21(23,24)25/h7-9H,5-6,10H2,1-4H3,(H,28,29,32). The second-order valence-corrected chi connectivity index (χ2v) is 8.44. The van der Waals surface area contributed by atoms with E-state index in [-0.39, 0.29) is 51.6 Å². The number of alkyl halides is 3. The quantitative estimate of drug-likeness (QED) is 0.429. The van der Waals surface area contributed by atoms with Gasteiger partial charge in [-0.1, -0.05) is 5.10 Å². The molecule has 188 valence electrons. The average Bonchev–Trinajstić information content (AvgIpc) is 3.21. The molecule has 35 heavy (non-hydrogen) atoms. The third kappa shape index (κ3) is 6.82. The minimum Gasteiger partial charge on any atom is -0.494 e. The van der Waals surface area contributed by atoms with Crippen molar-refractivity contribution in [1.82, 2.24) is 25.1 Å². The first-order chi connectivity index (χ1) is 16.5. The van der Waals surface area contributed by atoms with E-state index in [1.54, 1.807) is 13.0 Å². The lowest BCUT2D eigenvalue weighted by atomic mass is 9.99. The number of nitrogens with zero attached hydrogens (tertiary/aromatic N) is 5. The average molecular weight is 515 g/mol. The number of hydrogen-bond donors (Lipinski definition) is 1. The number of rotatable bonds is 9. The van der Waals surface area contributed by atoms with Crippen LogP contribution in [0.25, 0.3) is 11.1 Å². The van der Waals surface area contributed by atoms with E-state index in [4.69, 9.17) is 9.47 Å². The van der Waals surface area contributed by atoms with Crippen molar-refractivity contribution in [2.75, 3.05) is 39.2 Å². The zero-order valence-corrected chi connectivity index (χ0v) is 20.1. The highest BCUT2D eigenvalue weighted by Gasteiger charge is 2.29. The SMILES string of the molecule is COc1cnc(C)c(F)c1-c1cc(C)ncc1C(=O)Nc1nnc(OCCN(C)CC(F)(F)F)s1. The number of hydrogen-bond acceptors (Lipinski definition) is 9. The molecule has 14 heteroatoms. The fourth-order valence-corrected chi connectivity index (χ4v) is 3.69. The summed E-state index contributed by atoms with van der Waals surface area (Å²) in [6.45, 7) is 2.09.